The van der Waals surface area contributed by atoms with Crippen LogP contribution in [0.4, 0.5) is 4.79 Å². The molecule has 1 aliphatic carbocycles. The second-order valence-corrected chi connectivity index (χ2v) is 8.50. The van der Waals surface area contributed by atoms with Gasteiger partial charge in [0.15, 0.2) is 0 Å². The number of carbonyl (C=O) groups excluding carboxylic acids is 3. The Kier molecular flexibility index (Phi) is 5.74. The van der Waals surface area contributed by atoms with Gasteiger partial charge >= 0.3 is 12.0 Å². The Bertz CT molecular complexity index is 819. The van der Waals surface area contributed by atoms with Gasteiger partial charge in [-0.3, -0.25) is 19.3 Å². The van der Waals surface area contributed by atoms with Gasteiger partial charge in [0.1, 0.15) is 6.04 Å². The van der Waals surface area contributed by atoms with E-state index in [2.05, 4.69) is 5.32 Å². The van der Waals surface area contributed by atoms with Crippen LogP contribution in [-0.4, -0.2) is 57.9 Å². The molecule has 0 spiro atoms. The Hall–Kier alpha value is -2.90. The minimum Gasteiger partial charge on any atom is -0.481 e. The number of hydrogen-bond acceptors (Lipinski definition) is 4. The third-order valence-electron chi connectivity index (χ3n) is 6.62. The van der Waals surface area contributed by atoms with Crippen molar-refractivity contribution in [3.63, 3.8) is 0 Å². The van der Waals surface area contributed by atoms with Crippen molar-refractivity contribution in [3.8, 4) is 0 Å². The number of benzene rings is 1. The van der Waals surface area contributed by atoms with E-state index in [1.54, 1.807) is 4.90 Å². The summed E-state index contributed by atoms with van der Waals surface area (Å²) in [6, 6.07) is 7.04. The molecule has 30 heavy (non-hydrogen) atoms. The van der Waals surface area contributed by atoms with Crippen LogP contribution < -0.4 is 5.32 Å². The summed E-state index contributed by atoms with van der Waals surface area (Å²) >= 11 is 0. The van der Waals surface area contributed by atoms with Crippen LogP contribution in [0.1, 0.15) is 43.2 Å². The van der Waals surface area contributed by atoms with Crippen LogP contribution in [0.5, 0.6) is 0 Å². The lowest BCUT2D eigenvalue weighted by molar-refractivity contribution is -0.143. The van der Waals surface area contributed by atoms with Crippen molar-refractivity contribution in [1.82, 2.24) is 15.1 Å². The van der Waals surface area contributed by atoms with Gasteiger partial charge in [-0.05, 0) is 42.7 Å². The topological polar surface area (TPSA) is 107 Å². The highest BCUT2D eigenvalue weighted by Crippen LogP contribution is 2.30. The van der Waals surface area contributed by atoms with E-state index in [9.17, 15) is 19.2 Å². The number of urea groups is 1. The number of rotatable bonds is 6. The van der Waals surface area contributed by atoms with Crippen molar-refractivity contribution in [2.75, 3.05) is 13.1 Å². The van der Waals surface area contributed by atoms with Crippen molar-refractivity contribution < 1.29 is 24.3 Å². The molecule has 0 aromatic heterocycles. The maximum Gasteiger partial charge on any atom is 0.327 e. The Morgan fingerprint density at radius 1 is 1.07 bits per heavy atom. The fourth-order valence-corrected chi connectivity index (χ4v) is 4.75. The number of amides is 4. The Morgan fingerprint density at radius 3 is 2.47 bits per heavy atom. The third kappa shape index (κ3) is 4.04. The number of carbonyl (C=O) groups is 4. The van der Waals surface area contributed by atoms with Crippen LogP contribution in [0.2, 0.25) is 0 Å². The first-order valence-electron chi connectivity index (χ1n) is 10.6. The fourth-order valence-electron chi connectivity index (χ4n) is 4.75. The maximum atomic E-state index is 12.7. The third-order valence-corrected chi connectivity index (χ3v) is 6.62. The van der Waals surface area contributed by atoms with Gasteiger partial charge in [0, 0.05) is 32.5 Å². The number of nitrogens with zero attached hydrogens (tertiary/aromatic N) is 2. The Morgan fingerprint density at radius 2 is 1.77 bits per heavy atom. The largest absolute Gasteiger partial charge is 0.481 e. The smallest absolute Gasteiger partial charge is 0.327 e. The average molecular weight is 413 g/mol. The molecule has 1 atom stereocenters. The molecule has 0 unspecified atom stereocenters. The normalized spacial score (nSPS) is 25.7. The molecule has 8 heteroatoms. The molecule has 2 aliphatic heterocycles. The zero-order valence-electron chi connectivity index (χ0n) is 16.9. The van der Waals surface area contributed by atoms with E-state index in [1.807, 2.05) is 24.3 Å². The second-order valence-electron chi connectivity index (χ2n) is 8.50. The van der Waals surface area contributed by atoms with Gasteiger partial charge in [-0.15, -0.1) is 0 Å². The van der Waals surface area contributed by atoms with Crippen molar-refractivity contribution in [2.45, 2.75) is 51.1 Å². The van der Waals surface area contributed by atoms with Gasteiger partial charge in [0.05, 0.1) is 5.92 Å². The highest BCUT2D eigenvalue weighted by atomic mass is 16.4. The first-order valence-corrected chi connectivity index (χ1v) is 10.6. The summed E-state index contributed by atoms with van der Waals surface area (Å²) in [6.07, 6.45) is 3.46. The van der Waals surface area contributed by atoms with Gasteiger partial charge in [-0.1, -0.05) is 24.3 Å². The molecule has 2 fully saturated rings. The number of fused-ring (bicyclic) bond motifs is 2. The lowest BCUT2D eigenvalue weighted by atomic mass is 9.82. The monoisotopic (exact) mass is 413 g/mol. The molecule has 0 bridgehead atoms. The second kappa shape index (κ2) is 8.45. The first kappa shape index (κ1) is 20.4. The minimum absolute atomic E-state index is 0.0788. The minimum atomic E-state index is -0.739. The van der Waals surface area contributed by atoms with Gasteiger partial charge in [-0.25, -0.2) is 4.79 Å². The molecule has 3 aliphatic rings. The van der Waals surface area contributed by atoms with E-state index in [4.69, 9.17) is 5.11 Å². The molecule has 1 saturated carbocycles. The number of hydrogen-bond donors (Lipinski definition) is 2. The van der Waals surface area contributed by atoms with E-state index in [0.29, 0.717) is 32.4 Å². The van der Waals surface area contributed by atoms with E-state index < -0.39 is 12.0 Å². The first-order chi connectivity index (χ1) is 14.4. The van der Waals surface area contributed by atoms with Crippen LogP contribution in [0, 0.1) is 11.8 Å². The predicted octanol–water partition coefficient (Wildman–Crippen LogP) is 1.77. The molecular formula is C22H27N3O5. The summed E-state index contributed by atoms with van der Waals surface area (Å²) < 4.78 is 0. The number of carboxylic acids is 1. The molecular weight excluding hydrogens is 386 g/mol. The van der Waals surface area contributed by atoms with Crippen molar-refractivity contribution in [3.05, 3.63) is 35.4 Å². The number of carboxylic acid groups (broad SMARTS) is 1. The summed E-state index contributed by atoms with van der Waals surface area (Å²) in [7, 11) is 0. The lowest BCUT2D eigenvalue weighted by Gasteiger charge is -2.28. The predicted molar refractivity (Wildman–Crippen MR) is 107 cm³/mol. The summed E-state index contributed by atoms with van der Waals surface area (Å²) in [5.74, 6) is -1.14. The molecule has 4 amide bonds. The van der Waals surface area contributed by atoms with E-state index >= 15 is 0 Å². The van der Waals surface area contributed by atoms with Crippen LogP contribution >= 0.6 is 0 Å². The van der Waals surface area contributed by atoms with Crippen molar-refractivity contribution in [2.24, 2.45) is 11.8 Å². The highest BCUT2D eigenvalue weighted by Gasteiger charge is 2.46. The molecule has 1 aromatic carbocycles. The van der Waals surface area contributed by atoms with Gasteiger partial charge in [0.2, 0.25) is 5.91 Å². The van der Waals surface area contributed by atoms with Crippen molar-refractivity contribution in [1.29, 1.82) is 0 Å². The standard InChI is InChI=1S/C22H27N3O5/c26-19(23-12-14-5-7-15(8-6-14)21(28)29)9-10-24-20(27)18-11-16-3-1-2-4-17(16)13-25(18)22(24)30/h1-4,14-15,18H,5-13H2,(H,23,26)(H,28,29)/t14?,15?,18-/m1/s1. The van der Waals surface area contributed by atoms with Crippen molar-refractivity contribution >= 4 is 23.8 Å². The summed E-state index contributed by atoms with van der Waals surface area (Å²) in [4.78, 5) is 51.5. The Labute approximate surface area is 175 Å². The fraction of sp³-hybridized carbons (Fsp3) is 0.545. The molecule has 4 rings (SSSR count). The SMILES string of the molecule is O=C(CCN1C(=O)[C@H]2Cc3ccccc3CN2C1=O)NCC1CCC(C(=O)O)CC1. The summed E-state index contributed by atoms with van der Waals surface area (Å²) in [5, 5.41) is 11.9. The summed E-state index contributed by atoms with van der Waals surface area (Å²) in [5.41, 5.74) is 2.16. The Balaban J connectivity index is 1.24. The lowest BCUT2D eigenvalue weighted by Crippen LogP contribution is -2.40. The molecule has 1 saturated heterocycles. The zero-order chi connectivity index (χ0) is 21.3. The van der Waals surface area contributed by atoms with Gasteiger partial charge < -0.3 is 15.3 Å². The molecule has 0 radical (unpaired) electrons. The van der Waals surface area contributed by atoms with Crippen LogP contribution in [-0.2, 0) is 27.3 Å². The quantitative estimate of drug-likeness (QED) is 0.692. The van der Waals surface area contributed by atoms with E-state index in [1.165, 1.54) is 4.90 Å². The number of aliphatic carboxylic acids is 1. The van der Waals surface area contributed by atoms with Gasteiger partial charge in [0.25, 0.3) is 5.91 Å². The van der Waals surface area contributed by atoms with Crippen LogP contribution in [0.3, 0.4) is 0 Å². The zero-order valence-corrected chi connectivity index (χ0v) is 16.9. The molecule has 8 nitrogen and oxygen atoms in total. The molecule has 2 heterocycles. The maximum absolute atomic E-state index is 12.7. The van der Waals surface area contributed by atoms with Crippen LogP contribution in [0.15, 0.2) is 24.3 Å². The van der Waals surface area contributed by atoms with Gasteiger partial charge in [-0.2, -0.15) is 0 Å². The summed E-state index contributed by atoms with van der Waals surface area (Å²) in [6.45, 7) is 1.02. The van der Waals surface area contributed by atoms with E-state index in [-0.39, 0.29) is 42.6 Å². The molecule has 160 valence electrons. The number of imide groups is 1. The van der Waals surface area contributed by atoms with Crippen LogP contribution in [0.25, 0.3) is 0 Å². The average Bonchev–Trinajstić information content (AvgIpc) is 2.98. The number of nitrogens with one attached hydrogen (secondary N) is 1. The molecule has 2 N–H and O–H groups in total. The van der Waals surface area contributed by atoms with E-state index in [0.717, 1.165) is 24.0 Å². The molecule has 1 aromatic rings. The highest BCUT2D eigenvalue weighted by molar-refractivity contribution is 6.04.